The monoisotopic (exact) mass is 396 g/mol. The lowest BCUT2D eigenvalue weighted by Crippen LogP contribution is -2.50. The predicted octanol–water partition coefficient (Wildman–Crippen LogP) is 4.35. The number of rotatable bonds is 4. The third-order valence-electron chi connectivity index (χ3n) is 5.87. The molecule has 0 N–H and O–H groups in total. The lowest BCUT2D eigenvalue weighted by molar-refractivity contribution is -0.138. The molecule has 0 radical (unpaired) electrons. The molecule has 1 saturated carbocycles. The zero-order chi connectivity index (χ0) is 20.1. The van der Waals surface area contributed by atoms with E-state index >= 15 is 0 Å². The van der Waals surface area contributed by atoms with Crippen LogP contribution in [0.3, 0.4) is 0 Å². The van der Waals surface area contributed by atoms with Gasteiger partial charge in [-0.1, -0.05) is 44.2 Å². The second-order valence-corrected chi connectivity index (χ2v) is 7.76. The van der Waals surface area contributed by atoms with E-state index in [1.165, 1.54) is 55.2 Å². The lowest BCUT2D eigenvalue weighted by atomic mass is 9.86. The molecule has 2 fully saturated rings. The average Bonchev–Trinajstić information content (AvgIpc) is 2.72. The molecule has 154 valence electrons. The molecule has 1 aromatic rings. The van der Waals surface area contributed by atoms with Crippen LogP contribution in [-0.4, -0.2) is 47.8 Å². The maximum atomic E-state index is 13.2. The van der Waals surface area contributed by atoms with E-state index in [4.69, 9.17) is 0 Å². The number of halogens is 3. The summed E-state index contributed by atoms with van der Waals surface area (Å²) >= 11 is 0. The molecule has 1 heterocycles. The number of carbonyl (C=O) groups is 2. The molecular formula is C21H27F3N2O2. The topological polar surface area (TPSA) is 40.6 Å². The Balaban J connectivity index is 1.52. The summed E-state index contributed by atoms with van der Waals surface area (Å²) in [7, 11) is 0. The highest BCUT2D eigenvalue weighted by Crippen LogP contribution is 2.32. The van der Waals surface area contributed by atoms with Crippen LogP contribution in [0.1, 0.15) is 60.9 Å². The van der Waals surface area contributed by atoms with E-state index in [1.807, 2.05) is 0 Å². The summed E-state index contributed by atoms with van der Waals surface area (Å²) in [5.74, 6) is 0.107. The summed E-state index contributed by atoms with van der Waals surface area (Å²) in [5.41, 5.74) is -1.24. The van der Waals surface area contributed by atoms with Gasteiger partial charge in [0.25, 0.3) is 5.91 Å². The summed E-state index contributed by atoms with van der Waals surface area (Å²) in [6.07, 6.45) is 3.06. The molecule has 2 aliphatic rings. The Morgan fingerprint density at radius 3 is 2.18 bits per heavy atom. The molecule has 1 aliphatic carbocycles. The van der Waals surface area contributed by atoms with Crippen molar-refractivity contribution in [1.82, 2.24) is 9.80 Å². The van der Waals surface area contributed by atoms with E-state index in [-0.39, 0.29) is 24.6 Å². The van der Waals surface area contributed by atoms with Crippen molar-refractivity contribution < 1.29 is 22.8 Å². The molecule has 0 spiro atoms. The third-order valence-corrected chi connectivity index (χ3v) is 5.87. The molecular weight excluding hydrogens is 369 g/mol. The molecule has 0 atom stereocenters. The fraction of sp³-hybridized carbons (Fsp3) is 0.619. The van der Waals surface area contributed by atoms with Gasteiger partial charge in [0.1, 0.15) is 0 Å². The van der Waals surface area contributed by atoms with E-state index in [2.05, 4.69) is 0 Å². The number of hydrogen-bond acceptors (Lipinski definition) is 2. The summed E-state index contributed by atoms with van der Waals surface area (Å²) in [5, 5.41) is 0. The summed E-state index contributed by atoms with van der Waals surface area (Å²) < 4.78 is 39.5. The Labute approximate surface area is 163 Å². The van der Waals surface area contributed by atoms with E-state index in [0.717, 1.165) is 12.5 Å². The molecule has 0 aromatic heterocycles. The Kier molecular flexibility index (Phi) is 6.62. The zero-order valence-corrected chi connectivity index (χ0v) is 16.0. The maximum Gasteiger partial charge on any atom is 0.417 e. The molecule has 1 aromatic carbocycles. The van der Waals surface area contributed by atoms with Crippen molar-refractivity contribution >= 4 is 11.8 Å². The first-order valence-electron chi connectivity index (χ1n) is 10.1. The van der Waals surface area contributed by atoms with Crippen LogP contribution in [0, 0.1) is 5.92 Å². The van der Waals surface area contributed by atoms with Crippen LogP contribution >= 0.6 is 0 Å². The average molecular weight is 396 g/mol. The normalized spacial score (nSPS) is 19.0. The molecule has 7 heteroatoms. The van der Waals surface area contributed by atoms with Crippen LogP contribution in [0.4, 0.5) is 13.2 Å². The van der Waals surface area contributed by atoms with Crippen molar-refractivity contribution in [2.45, 2.75) is 51.1 Å². The molecule has 2 amide bonds. The highest BCUT2D eigenvalue weighted by molar-refractivity contribution is 5.96. The number of benzene rings is 1. The number of piperazine rings is 1. The van der Waals surface area contributed by atoms with Gasteiger partial charge in [0.05, 0.1) is 11.1 Å². The second kappa shape index (κ2) is 8.97. The van der Waals surface area contributed by atoms with Crippen molar-refractivity contribution in [3.63, 3.8) is 0 Å². The summed E-state index contributed by atoms with van der Waals surface area (Å²) in [4.78, 5) is 28.2. The number of alkyl halides is 3. The summed E-state index contributed by atoms with van der Waals surface area (Å²) in [6.45, 7) is 1.28. The minimum atomic E-state index is -4.57. The molecule has 3 rings (SSSR count). The Bertz CT molecular complexity index is 691. The van der Waals surface area contributed by atoms with E-state index in [0.29, 0.717) is 25.4 Å². The molecule has 0 unspecified atom stereocenters. The Morgan fingerprint density at radius 2 is 1.54 bits per heavy atom. The third kappa shape index (κ3) is 5.06. The molecule has 1 saturated heterocycles. The van der Waals surface area contributed by atoms with E-state index in [1.54, 1.807) is 4.90 Å². The van der Waals surface area contributed by atoms with Gasteiger partial charge in [0.15, 0.2) is 0 Å². The Morgan fingerprint density at radius 1 is 0.929 bits per heavy atom. The van der Waals surface area contributed by atoms with Crippen molar-refractivity contribution in [1.29, 1.82) is 0 Å². The van der Waals surface area contributed by atoms with Crippen molar-refractivity contribution in [2.24, 2.45) is 5.92 Å². The first-order chi connectivity index (χ1) is 13.4. The van der Waals surface area contributed by atoms with Crippen LogP contribution in [0.2, 0.25) is 0 Å². The van der Waals surface area contributed by atoms with Gasteiger partial charge in [-0.3, -0.25) is 9.59 Å². The fourth-order valence-corrected chi connectivity index (χ4v) is 4.21. The number of amides is 2. The summed E-state index contributed by atoms with van der Waals surface area (Å²) in [6, 6.07) is 4.86. The van der Waals surface area contributed by atoms with Crippen LogP contribution in [0.15, 0.2) is 24.3 Å². The van der Waals surface area contributed by atoms with E-state index in [9.17, 15) is 22.8 Å². The number of carbonyl (C=O) groups excluding carboxylic acids is 2. The van der Waals surface area contributed by atoms with Crippen molar-refractivity contribution in [2.75, 3.05) is 26.2 Å². The first kappa shape index (κ1) is 20.7. The van der Waals surface area contributed by atoms with Gasteiger partial charge in [-0.25, -0.2) is 0 Å². The first-order valence-corrected chi connectivity index (χ1v) is 10.1. The van der Waals surface area contributed by atoms with Gasteiger partial charge in [-0.2, -0.15) is 13.2 Å². The molecule has 4 nitrogen and oxygen atoms in total. The van der Waals surface area contributed by atoms with Gasteiger partial charge in [0, 0.05) is 32.6 Å². The van der Waals surface area contributed by atoms with Gasteiger partial charge < -0.3 is 9.80 Å². The fourth-order valence-electron chi connectivity index (χ4n) is 4.21. The maximum absolute atomic E-state index is 13.2. The number of nitrogens with zero attached hydrogens (tertiary/aromatic N) is 2. The van der Waals surface area contributed by atoms with Crippen LogP contribution in [0.5, 0.6) is 0 Å². The van der Waals surface area contributed by atoms with Crippen LogP contribution in [-0.2, 0) is 11.0 Å². The van der Waals surface area contributed by atoms with Gasteiger partial charge in [-0.15, -0.1) is 0 Å². The smallest absolute Gasteiger partial charge is 0.339 e. The molecule has 28 heavy (non-hydrogen) atoms. The minimum Gasteiger partial charge on any atom is -0.339 e. The predicted molar refractivity (Wildman–Crippen MR) is 99.7 cm³/mol. The second-order valence-electron chi connectivity index (χ2n) is 7.76. The SMILES string of the molecule is O=C(CCC1CCCCC1)N1CCN(C(=O)c2ccccc2C(F)(F)F)CC1. The largest absolute Gasteiger partial charge is 0.417 e. The van der Waals surface area contributed by atoms with Gasteiger partial charge in [-0.05, 0) is 24.5 Å². The van der Waals surface area contributed by atoms with Gasteiger partial charge in [0.2, 0.25) is 5.91 Å². The minimum absolute atomic E-state index is 0.0911. The van der Waals surface area contributed by atoms with E-state index < -0.39 is 17.6 Å². The van der Waals surface area contributed by atoms with Crippen molar-refractivity contribution in [3.8, 4) is 0 Å². The molecule has 1 aliphatic heterocycles. The highest BCUT2D eigenvalue weighted by atomic mass is 19.4. The molecule has 0 bridgehead atoms. The van der Waals surface area contributed by atoms with Crippen molar-refractivity contribution in [3.05, 3.63) is 35.4 Å². The number of hydrogen-bond donors (Lipinski definition) is 0. The highest BCUT2D eigenvalue weighted by Gasteiger charge is 2.36. The quantitative estimate of drug-likeness (QED) is 0.759. The zero-order valence-electron chi connectivity index (χ0n) is 16.0. The van der Waals surface area contributed by atoms with Gasteiger partial charge >= 0.3 is 6.18 Å². The Hall–Kier alpha value is -2.05. The van der Waals surface area contributed by atoms with Crippen LogP contribution in [0.25, 0.3) is 0 Å². The standard InChI is InChI=1S/C21H27F3N2O2/c22-21(23,24)18-9-5-4-8-17(18)20(28)26-14-12-25(13-15-26)19(27)11-10-16-6-2-1-3-7-16/h4-5,8-9,16H,1-3,6-7,10-15H2. The lowest BCUT2D eigenvalue weighted by Gasteiger charge is -2.35. The van der Waals surface area contributed by atoms with Crippen LogP contribution < -0.4 is 0 Å².